The zero-order valence-corrected chi connectivity index (χ0v) is 8.62. The molecule has 0 heterocycles. The summed E-state index contributed by atoms with van der Waals surface area (Å²) in [6, 6.07) is 2.07. The zero-order valence-electron chi connectivity index (χ0n) is 8.62. The maximum absolute atomic E-state index is 8.36. The van der Waals surface area contributed by atoms with E-state index in [1.807, 2.05) is 7.05 Å². The summed E-state index contributed by atoms with van der Waals surface area (Å²) in [6.45, 7) is 5.56. The van der Waals surface area contributed by atoms with Crippen molar-refractivity contribution < 1.29 is 0 Å². The number of hydrogen-bond donors (Lipinski definition) is 1. The summed E-state index contributed by atoms with van der Waals surface area (Å²) in [5, 5.41) is 8.36. The molecule has 4 nitrogen and oxygen atoms in total. The fourth-order valence-electron chi connectivity index (χ4n) is 0.729. The van der Waals surface area contributed by atoms with E-state index in [-0.39, 0.29) is 0 Å². The Morgan fingerprint density at radius 1 is 1.62 bits per heavy atom. The highest BCUT2D eigenvalue weighted by Crippen LogP contribution is 1.93. The minimum absolute atomic E-state index is 0.481. The highest BCUT2D eigenvalue weighted by molar-refractivity contribution is 5.77. The lowest BCUT2D eigenvalue weighted by molar-refractivity contribution is 0.503. The molecule has 0 unspecified atom stereocenters. The van der Waals surface area contributed by atoms with Crippen LogP contribution < -0.4 is 5.73 Å². The molecule has 0 rings (SSSR count). The summed E-state index contributed by atoms with van der Waals surface area (Å²) < 4.78 is 0. The van der Waals surface area contributed by atoms with Gasteiger partial charge >= 0.3 is 0 Å². The Kier molecular flexibility index (Phi) is 5.69. The van der Waals surface area contributed by atoms with Gasteiger partial charge in [0.05, 0.1) is 12.5 Å². The van der Waals surface area contributed by atoms with Crippen molar-refractivity contribution in [2.45, 2.75) is 20.3 Å². The van der Waals surface area contributed by atoms with Gasteiger partial charge in [0.25, 0.3) is 0 Å². The molecule has 0 radical (unpaired) electrons. The van der Waals surface area contributed by atoms with Gasteiger partial charge in [0.2, 0.25) is 0 Å². The average Bonchev–Trinajstić information content (AvgIpc) is 2.10. The van der Waals surface area contributed by atoms with Crippen molar-refractivity contribution in [1.82, 2.24) is 4.90 Å². The molecule has 0 aliphatic heterocycles. The number of hydrogen-bond acceptors (Lipinski definition) is 2. The van der Waals surface area contributed by atoms with E-state index in [1.54, 1.807) is 4.90 Å². The number of rotatable bonds is 4. The highest BCUT2D eigenvalue weighted by Gasteiger charge is 2.00. The molecule has 13 heavy (non-hydrogen) atoms. The first-order valence-electron chi connectivity index (χ1n) is 4.46. The van der Waals surface area contributed by atoms with Crippen LogP contribution >= 0.6 is 0 Å². The molecule has 0 fully saturated rings. The van der Waals surface area contributed by atoms with E-state index < -0.39 is 0 Å². The molecule has 0 aliphatic rings. The van der Waals surface area contributed by atoms with Crippen LogP contribution in [0.25, 0.3) is 0 Å². The number of guanidine groups is 1. The van der Waals surface area contributed by atoms with E-state index in [2.05, 4.69) is 24.9 Å². The van der Waals surface area contributed by atoms with E-state index >= 15 is 0 Å². The minimum atomic E-state index is 0.481. The van der Waals surface area contributed by atoms with Gasteiger partial charge in [0.1, 0.15) is 0 Å². The Morgan fingerprint density at radius 3 is 2.69 bits per heavy atom. The summed E-state index contributed by atoms with van der Waals surface area (Å²) >= 11 is 0. The minimum Gasteiger partial charge on any atom is -0.370 e. The third-order valence-corrected chi connectivity index (χ3v) is 1.57. The molecule has 0 bridgehead atoms. The van der Waals surface area contributed by atoms with Crippen LogP contribution in [0.15, 0.2) is 4.99 Å². The predicted molar refractivity (Wildman–Crippen MR) is 54.2 cm³/mol. The Labute approximate surface area is 80.0 Å². The Bertz CT molecular complexity index is 202. The van der Waals surface area contributed by atoms with E-state index in [9.17, 15) is 0 Å². The molecule has 0 aliphatic carbocycles. The van der Waals surface area contributed by atoms with Crippen LogP contribution in [0, 0.1) is 17.2 Å². The Balaban J connectivity index is 3.87. The van der Waals surface area contributed by atoms with Gasteiger partial charge in [-0.15, -0.1) is 0 Å². The first kappa shape index (κ1) is 11.8. The molecule has 0 atom stereocenters. The van der Waals surface area contributed by atoms with Crippen molar-refractivity contribution in [1.29, 1.82) is 5.26 Å². The smallest absolute Gasteiger partial charge is 0.191 e. The second-order valence-electron chi connectivity index (χ2n) is 3.42. The van der Waals surface area contributed by atoms with Crippen molar-refractivity contribution in [3.8, 4) is 6.07 Å². The van der Waals surface area contributed by atoms with Crippen LogP contribution in [0.2, 0.25) is 0 Å². The largest absolute Gasteiger partial charge is 0.370 e. The van der Waals surface area contributed by atoms with Gasteiger partial charge in [-0.05, 0) is 5.92 Å². The van der Waals surface area contributed by atoms with Crippen molar-refractivity contribution in [3.05, 3.63) is 0 Å². The van der Waals surface area contributed by atoms with Crippen LogP contribution in [0.1, 0.15) is 20.3 Å². The summed E-state index contributed by atoms with van der Waals surface area (Å²) in [5.74, 6) is 1.03. The lowest BCUT2D eigenvalue weighted by Gasteiger charge is -2.16. The summed E-state index contributed by atoms with van der Waals surface area (Å²) in [5.41, 5.74) is 5.67. The number of nitrogens with two attached hydrogens (primary N) is 1. The molecule has 0 amide bonds. The third kappa shape index (κ3) is 5.97. The van der Waals surface area contributed by atoms with Gasteiger partial charge in [-0.2, -0.15) is 5.26 Å². The van der Waals surface area contributed by atoms with Gasteiger partial charge in [-0.3, -0.25) is 4.99 Å². The van der Waals surface area contributed by atoms with Crippen LogP contribution in [-0.4, -0.2) is 31.0 Å². The van der Waals surface area contributed by atoms with Crippen molar-refractivity contribution in [2.24, 2.45) is 16.6 Å². The third-order valence-electron chi connectivity index (χ3n) is 1.57. The standard InChI is InChI=1S/C9H18N4/c1-8(2)7-12-9(11)13(3)6-4-5-10/h8H,4,6-7H2,1-3H3,(H2,11,12). The van der Waals surface area contributed by atoms with Crippen molar-refractivity contribution in [2.75, 3.05) is 20.1 Å². The molecule has 0 aromatic heterocycles. The van der Waals surface area contributed by atoms with Crippen LogP contribution in [-0.2, 0) is 0 Å². The van der Waals surface area contributed by atoms with Crippen LogP contribution in [0.3, 0.4) is 0 Å². The fourth-order valence-corrected chi connectivity index (χ4v) is 0.729. The number of nitriles is 1. The lowest BCUT2D eigenvalue weighted by atomic mass is 10.2. The normalized spacial score (nSPS) is 11.5. The quantitative estimate of drug-likeness (QED) is 0.516. The van der Waals surface area contributed by atoms with Crippen molar-refractivity contribution >= 4 is 5.96 Å². The maximum atomic E-state index is 8.36. The summed E-state index contributed by atoms with van der Waals surface area (Å²) in [4.78, 5) is 5.98. The highest BCUT2D eigenvalue weighted by atomic mass is 15.2. The lowest BCUT2D eigenvalue weighted by Crippen LogP contribution is -2.35. The number of aliphatic imine (C=N–C) groups is 1. The van der Waals surface area contributed by atoms with Crippen molar-refractivity contribution in [3.63, 3.8) is 0 Å². The average molecular weight is 182 g/mol. The Morgan fingerprint density at radius 2 is 2.23 bits per heavy atom. The molecule has 0 aromatic carbocycles. The van der Waals surface area contributed by atoms with Gasteiger partial charge in [-0.25, -0.2) is 0 Å². The first-order valence-corrected chi connectivity index (χ1v) is 4.46. The molecule has 0 saturated heterocycles. The van der Waals surface area contributed by atoms with E-state index in [0.29, 0.717) is 24.8 Å². The van der Waals surface area contributed by atoms with E-state index in [0.717, 1.165) is 6.54 Å². The van der Waals surface area contributed by atoms with Crippen LogP contribution in [0.5, 0.6) is 0 Å². The predicted octanol–water partition coefficient (Wildman–Crippen LogP) is 0.803. The van der Waals surface area contributed by atoms with Gasteiger partial charge < -0.3 is 10.6 Å². The topological polar surface area (TPSA) is 65.4 Å². The molecule has 0 saturated carbocycles. The SMILES string of the molecule is CC(C)CN=C(N)N(C)CCC#N. The van der Waals surface area contributed by atoms with Gasteiger partial charge in [-0.1, -0.05) is 13.8 Å². The first-order chi connectivity index (χ1) is 6.07. The van der Waals surface area contributed by atoms with Gasteiger partial charge in [0, 0.05) is 20.1 Å². The van der Waals surface area contributed by atoms with E-state index in [4.69, 9.17) is 11.0 Å². The summed E-state index contributed by atoms with van der Waals surface area (Å²) in [7, 11) is 1.84. The molecular formula is C9H18N4. The Hall–Kier alpha value is -1.24. The van der Waals surface area contributed by atoms with E-state index in [1.165, 1.54) is 0 Å². The molecule has 0 spiro atoms. The van der Waals surface area contributed by atoms with Gasteiger partial charge in [0.15, 0.2) is 5.96 Å². The van der Waals surface area contributed by atoms with Crippen LogP contribution in [0.4, 0.5) is 0 Å². The molecule has 74 valence electrons. The zero-order chi connectivity index (χ0) is 10.3. The number of nitrogens with zero attached hydrogens (tertiary/aromatic N) is 3. The molecule has 4 heteroatoms. The maximum Gasteiger partial charge on any atom is 0.191 e. The second kappa shape index (κ2) is 6.30. The summed E-state index contributed by atoms with van der Waals surface area (Å²) in [6.07, 6.45) is 0.481. The second-order valence-corrected chi connectivity index (χ2v) is 3.42. The fraction of sp³-hybridized carbons (Fsp3) is 0.778. The molecule has 2 N–H and O–H groups in total. The monoisotopic (exact) mass is 182 g/mol. The molecule has 0 aromatic rings. The molecular weight excluding hydrogens is 164 g/mol.